The van der Waals surface area contributed by atoms with E-state index >= 15 is 0 Å². The number of nitrogens with two attached hydrogens (primary N) is 1. The summed E-state index contributed by atoms with van der Waals surface area (Å²) in [5.41, 5.74) is 8.28. The molecule has 0 fully saturated rings. The highest BCUT2D eigenvalue weighted by molar-refractivity contribution is 7.09. The maximum absolute atomic E-state index is 5.70. The maximum atomic E-state index is 5.70. The third-order valence-corrected chi connectivity index (χ3v) is 3.45. The standard InChI is InChI=1S/C13H17N3S/c14-9-12-4-2-1-3-11(12)5-6-15-10-13-16-7-8-17-13/h1-4,7-8,15H,5-6,9-10,14H2. The normalized spacial score (nSPS) is 10.6. The van der Waals surface area contributed by atoms with Crippen LogP contribution in [0.25, 0.3) is 0 Å². The second-order valence-corrected chi connectivity index (χ2v) is 4.80. The number of benzene rings is 1. The summed E-state index contributed by atoms with van der Waals surface area (Å²) < 4.78 is 0. The van der Waals surface area contributed by atoms with Crippen molar-refractivity contribution in [2.45, 2.75) is 19.5 Å². The van der Waals surface area contributed by atoms with Gasteiger partial charge in [-0.15, -0.1) is 11.3 Å². The summed E-state index contributed by atoms with van der Waals surface area (Å²) in [4.78, 5) is 4.23. The Morgan fingerprint density at radius 3 is 2.76 bits per heavy atom. The molecule has 0 aliphatic rings. The van der Waals surface area contributed by atoms with Crippen LogP contribution in [-0.2, 0) is 19.5 Å². The van der Waals surface area contributed by atoms with Gasteiger partial charge in [-0.1, -0.05) is 24.3 Å². The van der Waals surface area contributed by atoms with Crippen molar-refractivity contribution < 1.29 is 0 Å². The van der Waals surface area contributed by atoms with E-state index in [1.807, 2.05) is 17.6 Å². The summed E-state index contributed by atoms with van der Waals surface area (Å²) >= 11 is 1.68. The minimum absolute atomic E-state index is 0.614. The molecule has 1 aromatic heterocycles. The Morgan fingerprint density at radius 1 is 1.24 bits per heavy atom. The first kappa shape index (κ1) is 12.2. The molecule has 0 spiro atoms. The Bertz CT molecular complexity index is 440. The molecule has 0 aliphatic carbocycles. The van der Waals surface area contributed by atoms with E-state index in [1.54, 1.807) is 11.3 Å². The zero-order chi connectivity index (χ0) is 11.9. The van der Waals surface area contributed by atoms with Crippen LogP contribution in [-0.4, -0.2) is 11.5 Å². The van der Waals surface area contributed by atoms with E-state index in [-0.39, 0.29) is 0 Å². The molecule has 2 aromatic rings. The molecule has 0 unspecified atom stereocenters. The van der Waals surface area contributed by atoms with Gasteiger partial charge in [-0.3, -0.25) is 0 Å². The number of rotatable bonds is 6. The van der Waals surface area contributed by atoms with Crippen molar-refractivity contribution in [1.82, 2.24) is 10.3 Å². The Labute approximate surface area is 106 Å². The van der Waals surface area contributed by atoms with Crippen LogP contribution in [0.3, 0.4) is 0 Å². The maximum Gasteiger partial charge on any atom is 0.106 e. The number of thiazole rings is 1. The molecule has 0 aliphatic heterocycles. The molecule has 0 saturated carbocycles. The Hall–Kier alpha value is -1.23. The Balaban J connectivity index is 1.78. The summed E-state index contributed by atoms with van der Waals surface area (Å²) in [6, 6.07) is 8.34. The molecule has 0 amide bonds. The highest BCUT2D eigenvalue weighted by Gasteiger charge is 2.00. The van der Waals surface area contributed by atoms with Crippen LogP contribution in [0.15, 0.2) is 35.8 Å². The molecule has 0 saturated heterocycles. The molecule has 2 rings (SSSR count). The van der Waals surface area contributed by atoms with E-state index < -0.39 is 0 Å². The van der Waals surface area contributed by atoms with Gasteiger partial charge in [-0.25, -0.2) is 4.98 Å². The van der Waals surface area contributed by atoms with E-state index in [9.17, 15) is 0 Å². The number of aromatic nitrogens is 1. The molecule has 0 atom stereocenters. The molecular weight excluding hydrogens is 230 g/mol. The van der Waals surface area contributed by atoms with Crippen molar-refractivity contribution in [1.29, 1.82) is 0 Å². The van der Waals surface area contributed by atoms with Gasteiger partial charge >= 0.3 is 0 Å². The van der Waals surface area contributed by atoms with Gasteiger partial charge in [0.15, 0.2) is 0 Å². The van der Waals surface area contributed by atoms with E-state index in [1.165, 1.54) is 11.1 Å². The highest BCUT2D eigenvalue weighted by Crippen LogP contribution is 2.08. The van der Waals surface area contributed by atoms with Crippen LogP contribution in [0.2, 0.25) is 0 Å². The molecule has 4 heteroatoms. The second kappa shape index (κ2) is 6.49. The van der Waals surface area contributed by atoms with Gasteiger partial charge < -0.3 is 11.1 Å². The number of hydrogen-bond donors (Lipinski definition) is 2. The first-order chi connectivity index (χ1) is 8.40. The third kappa shape index (κ3) is 3.63. The van der Waals surface area contributed by atoms with E-state index in [2.05, 4.69) is 28.5 Å². The SMILES string of the molecule is NCc1ccccc1CCNCc1nccs1. The van der Waals surface area contributed by atoms with E-state index in [0.717, 1.165) is 24.5 Å². The predicted molar refractivity (Wildman–Crippen MR) is 71.9 cm³/mol. The van der Waals surface area contributed by atoms with Gasteiger partial charge in [-0.2, -0.15) is 0 Å². The highest BCUT2D eigenvalue weighted by atomic mass is 32.1. The number of hydrogen-bond acceptors (Lipinski definition) is 4. The van der Waals surface area contributed by atoms with Gasteiger partial charge in [0.2, 0.25) is 0 Å². The predicted octanol–water partition coefficient (Wildman–Crippen LogP) is 1.93. The van der Waals surface area contributed by atoms with E-state index in [4.69, 9.17) is 5.73 Å². The van der Waals surface area contributed by atoms with Crippen molar-refractivity contribution >= 4 is 11.3 Å². The zero-order valence-electron chi connectivity index (χ0n) is 9.73. The molecule has 1 heterocycles. The lowest BCUT2D eigenvalue weighted by Crippen LogP contribution is -2.17. The Kier molecular flexibility index (Phi) is 4.67. The number of nitrogens with zero attached hydrogens (tertiary/aromatic N) is 1. The smallest absolute Gasteiger partial charge is 0.106 e. The van der Waals surface area contributed by atoms with Gasteiger partial charge in [-0.05, 0) is 24.1 Å². The summed E-state index contributed by atoms with van der Waals surface area (Å²) in [5.74, 6) is 0. The Morgan fingerprint density at radius 2 is 2.06 bits per heavy atom. The third-order valence-electron chi connectivity index (χ3n) is 2.67. The van der Waals surface area contributed by atoms with Crippen molar-refractivity contribution in [3.8, 4) is 0 Å². The summed E-state index contributed by atoms with van der Waals surface area (Å²) in [5, 5.41) is 6.53. The largest absolute Gasteiger partial charge is 0.326 e. The molecular formula is C13H17N3S. The first-order valence-corrected chi connectivity index (χ1v) is 6.64. The lowest BCUT2D eigenvalue weighted by atomic mass is 10.0. The fraction of sp³-hybridized carbons (Fsp3) is 0.308. The van der Waals surface area contributed by atoms with Crippen LogP contribution in [0, 0.1) is 0 Å². The van der Waals surface area contributed by atoms with Crippen molar-refractivity contribution in [2.24, 2.45) is 5.73 Å². The average Bonchev–Trinajstić information content (AvgIpc) is 2.88. The minimum atomic E-state index is 0.614. The quantitative estimate of drug-likeness (QED) is 0.767. The van der Waals surface area contributed by atoms with Gasteiger partial charge in [0.25, 0.3) is 0 Å². The van der Waals surface area contributed by atoms with Crippen LogP contribution in [0.5, 0.6) is 0 Å². The minimum Gasteiger partial charge on any atom is -0.326 e. The van der Waals surface area contributed by atoms with Gasteiger partial charge in [0.1, 0.15) is 5.01 Å². The molecule has 1 aromatic carbocycles. The molecule has 17 heavy (non-hydrogen) atoms. The van der Waals surface area contributed by atoms with Crippen LogP contribution in [0.4, 0.5) is 0 Å². The molecule has 90 valence electrons. The van der Waals surface area contributed by atoms with Crippen molar-refractivity contribution in [3.05, 3.63) is 52.0 Å². The van der Waals surface area contributed by atoms with E-state index in [0.29, 0.717) is 6.54 Å². The van der Waals surface area contributed by atoms with Crippen LogP contribution in [0.1, 0.15) is 16.1 Å². The van der Waals surface area contributed by atoms with Crippen molar-refractivity contribution in [2.75, 3.05) is 6.54 Å². The fourth-order valence-corrected chi connectivity index (χ4v) is 2.35. The molecule has 0 bridgehead atoms. The first-order valence-electron chi connectivity index (χ1n) is 5.76. The molecule has 3 nitrogen and oxygen atoms in total. The lowest BCUT2D eigenvalue weighted by Gasteiger charge is -2.07. The van der Waals surface area contributed by atoms with Crippen molar-refractivity contribution in [3.63, 3.8) is 0 Å². The lowest BCUT2D eigenvalue weighted by molar-refractivity contribution is 0.681. The summed E-state index contributed by atoms with van der Waals surface area (Å²) in [6.45, 7) is 2.42. The topological polar surface area (TPSA) is 50.9 Å². The van der Waals surface area contributed by atoms with Crippen LogP contribution >= 0.6 is 11.3 Å². The average molecular weight is 247 g/mol. The fourth-order valence-electron chi connectivity index (χ4n) is 1.76. The second-order valence-electron chi connectivity index (χ2n) is 3.83. The molecule has 0 radical (unpaired) electrons. The molecule has 3 N–H and O–H groups in total. The summed E-state index contributed by atoms with van der Waals surface area (Å²) in [7, 11) is 0. The van der Waals surface area contributed by atoms with Gasteiger partial charge in [0, 0.05) is 24.7 Å². The van der Waals surface area contributed by atoms with Crippen LogP contribution < -0.4 is 11.1 Å². The van der Waals surface area contributed by atoms with Gasteiger partial charge in [0.05, 0.1) is 0 Å². The number of nitrogens with one attached hydrogen (secondary N) is 1. The summed E-state index contributed by atoms with van der Waals surface area (Å²) in [6.07, 6.45) is 2.85. The zero-order valence-corrected chi connectivity index (χ0v) is 10.5. The monoisotopic (exact) mass is 247 g/mol.